The van der Waals surface area contributed by atoms with Gasteiger partial charge in [-0.3, -0.25) is 14.4 Å². The Bertz CT molecular complexity index is 4650. The maximum atomic E-state index is 15.5. The van der Waals surface area contributed by atoms with Crippen LogP contribution in [0.1, 0.15) is 117 Å². The molecule has 2 saturated carbocycles. The van der Waals surface area contributed by atoms with Crippen molar-refractivity contribution in [2.24, 2.45) is 0 Å². The number of Topliss-reactive ketones (excluding diaryl/α,β-unsaturated/α-hetero) is 1. The molecule has 0 radical (unpaired) electrons. The van der Waals surface area contributed by atoms with Crippen molar-refractivity contribution in [3.63, 3.8) is 0 Å². The molecule has 0 saturated heterocycles. The van der Waals surface area contributed by atoms with E-state index in [0.717, 1.165) is 58.0 Å². The number of likely N-dealkylation sites (N-methyl/N-ethyl adjacent to an activating group) is 1. The third-order valence-corrected chi connectivity index (χ3v) is 21.2. The number of benzene rings is 6. The average Bonchev–Trinajstić information content (AvgIpc) is 0.952. The van der Waals surface area contributed by atoms with Gasteiger partial charge in [0.2, 0.25) is 55.2 Å². The highest BCUT2D eigenvalue weighted by atomic mass is 32.2. The summed E-state index contributed by atoms with van der Waals surface area (Å²) in [6.07, 6.45) is 3.02. The molecule has 2 amide bonds. The summed E-state index contributed by atoms with van der Waals surface area (Å²) in [5, 5.41) is 16.7. The molecular formula is C70H69F12N9O8S2. The number of nitrogens with one attached hydrogen (secondary N) is 2. The number of sulfonamides is 2. The standard InChI is InChI=1S/C70H69F12N9O8S2/c1-69(2,3)43-24-37(21-41(25-43)38-17-18-38)31-91(51(93)35-90(33-40-14-10-12-16-48(40)72)101(98,99)67-60(81)56(77)53(74)57(78)61(67)82)45-28-84-68(85-29-45)86-49-27-46(49)42-22-36(23-44(26-42)70(4,5)6)30-88(20-19-83-62-63(87(7)8)65(95)64(62)94)50(92)34-89(32-39-13-9-11-15-47(39)71)100(96,97)66-58(79)54(75)52(73)55(76)59(66)80/h9-16,21-26,28-29,38,46,49,64,83,94H,17-20,27,30-35H2,1-8H3,(H,84,85,86). The van der Waals surface area contributed by atoms with Gasteiger partial charge in [-0.1, -0.05) is 114 Å². The lowest BCUT2D eigenvalue weighted by molar-refractivity contribution is -0.132. The van der Waals surface area contributed by atoms with Crippen LogP contribution in [0.2, 0.25) is 0 Å². The first-order valence-electron chi connectivity index (χ1n) is 31.6. The monoisotopic (exact) mass is 1460 g/mol. The van der Waals surface area contributed by atoms with Crippen LogP contribution in [-0.2, 0) is 71.4 Å². The molecule has 538 valence electrons. The number of ketones is 1. The van der Waals surface area contributed by atoms with Crippen molar-refractivity contribution in [1.82, 2.24) is 33.7 Å². The Morgan fingerprint density at radius 3 is 1.47 bits per heavy atom. The minimum atomic E-state index is -5.93. The van der Waals surface area contributed by atoms with E-state index in [1.165, 1.54) is 55.7 Å². The number of amides is 2. The molecule has 3 atom stereocenters. The molecule has 3 unspecified atom stereocenters. The topological polar surface area (TPSA) is 206 Å². The molecule has 2 fully saturated rings. The smallest absolute Gasteiger partial charge is 0.249 e. The van der Waals surface area contributed by atoms with Gasteiger partial charge in [-0.25, -0.2) is 79.5 Å². The fourth-order valence-corrected chi connectivity index (χ4v) is 14.6. The van der Waals surface area contributed by atoms with Crippen LogP contribution < -0.4 is 15.5 Å². The summed E-state index contributed by atoms with van der Waals surface area (Å²) in [5.74, 6) is -31.8. The van der Waals surface area contributed by atoms with Crippen LogP contribution in [0.15, 0.2) is 119 Å². The molecule has 0 aliphatic heterocycles. The number of halogens is 12. The third kappa shape index (κ3) is 15.8. The summed E-state index contributed by atoms with van der Waals surface area (Å²) in [6, 6.07) is 19.7. The van der Waals surface area contributed by atoms with Crippen LogP contribution in [0, 0.1) is 69.8 Å². The fraction of sp³-hybridized carbons (Fsp3) is 0.357. The van der Waals surface area contributed by atoms with Gasteiger partial charge in [0.1, 0.15) is 17.3 Å². The quantitative estimate of drug-likeness (QED) is 0.0262. The Morgan fingerprint density at radius 2 is 1.01 bits per heavy atom. The normalized spacial score (nSPS) is 16.4. The Kier molecular flexibility index (Phi) is 21.4. The van der Waals surface area contributed by atoms with Crippen molar-refractivity contribution >= 4 is 49.3 Å². The van der Waals surface area contributed by atoms with E-state index in [1.54, 1.807) is 12.1 Å². The first-order valence-corrected chi connectivity index (χ1v) is 34.5. The lowest BCUT2D eigenvalue weighted by Gasteiger charge is -2.34. The molecule has 10 rings (SSSR count). The second-order valence-corrected chi connectivity index (χ2v) is 31.0. The number of nitrogens with zero attached hydrogens (tertiary/aromatic N) is 7. The molecule has 17 nitrogen and oxygen atoms in total. The first-order chi connectivity index (χ1) is 47.3. The van der Waals surface area contributed by atoms with Crippen molar-refractivity contribution in [2.75, 3.05) is 50.5 Å². The highest BCUT2D eigenvalue weighted by molar-refractivity contribution is 7.89. The molecule has 6 aromatic carbocycles. The van der Waals surface area contributed by atoms with Crippen LogP contribution >= 0.6 is 0 Å². The zero-order chi connectivity index (χ0) is 73.9. The summed E-state index contributed by atoms with van der Waals surface area (Å²) in [7, 11) is -8.76. The number of aromatic nitrogens is 2. The van der Waals surface area contributed by atoms with E-state index in [1.807, 2.05) is 65.8 Å². The predicted octanol–water partition coefficient (Wildman–Crippen LogP) is 11.5. The van der Waals surface area contributed by atoms with E-state index in [4.69, 9.17) is 0 Å². The minimum Gasteiger partial charge on any atom is -0.382 e. The Hall–Kier alpha value is -8.91. The summed E-state index contributed by atoms with van der Waals surface area (Å²) in [5.41, 5.74) is 2.30. The van der Waals surface area contributed by atoms with E-state index in [-0.39, 0.29) is 69.7 Å². The summed E-state index contributed by atoms with van der Waals surface area (Å²) >= 11 is 0. The molecule has 3 aliphatic carbocycles. The molecule has 3 aliphatic rings. The molecule has 101 heavy (non-hydrogen) atoms. The number of hydrogen-bond acceptors (Lipinski definition) is 13. The zero-order valence-corrected chi connectivity index (χ0v) is 57.2. The second kappa shape index (κ2) is 28.8. The summed E-state index contributed by atoms with van der Waals surface area (Å²) in [6.45, 7) is 5.24. The highest BCUT2D eigenvalue weighted by Crippen LogP contribution is 2.45. The Balaban J connectivity index is 0.962. The molecule has 0 bridgehead atoms. The molecular weight excluding hydrogens is 1390 g/mol. The largest absolute Gasteiger partial charge is 0.382 e. The van der Waals surface area contributed by atoms with Gasteiger partial charge in [0, 0.05) is 69.9 Å². The number of carbonyl (C=O) groups excluding carboxylic acids is 3. The number of aliphatic hydroxyl groups is 1. The predicted molar refractivity (Wildman–Crippen MR) is 346 cm³/mol. The van der Waals surface area contributed by atoms with Gasteiger partial charge in [0.15, 0.2) is 62.4 Å². The average molecular weight is 1460 g/mol. The highest BCUT2D eigenvalue weighted by Gasteiger charge is 2.44. The van der Waals surface area contributed by atoms with Gasteiger partial charge in [-0.2, -0.15) is 8.61 Å². The number of aliphatic hydroxyl groups excluding tert-OH is 1. The van der Waals surface area contributed by atoms with E-state index >= 15 is 31.1 Å². The number of carbonyl (C=O) groups is 3. The SMILES string of the molecule is CN(C)C1=C(NCCN(Cc2cc(C3CC3Nc3ncc(N(Cc4cc(C5CC5)cc(C(C)(C)C)c4)C(=O)CN(Cc4ccccc4F)S(=O)(=O)c4c(F)c(F)c(F)c(F)c4F)cn3)cc(C(C)(C)C)c2)C(=O)CN(Cc2ccccc2F)S(=O)(=O)c2c(F)c(F)c(F)c(F)c2F)C(O)C1=O. The molecule has 3 N–H and O–H groups in total. The third-order valence-electron chi connectivity index (χ3n) is 17.6. The maximum Gasteiger partial charge on any atom is 0.249 e. The number of anilines is 2. The fourth-order valence-electron chi connectivity index (χ4n) is 11.7. The van der Waals surface area contributed by atoms with Gasteiger partial charge in [0.25, 0.3) is 0 Å². The van der Waals surface area contributed by atoms with E-state index in [2.05, 4.69) is 20.6 Å². The minimum absolute atomic E-state index is 0.00229. The lowest BCUT2D eigenvalue weighted by Crippen LogP contribution is -2.49. The van der Waals surface area contributed by atoms with Crippen LogP contribution in [-0.4, -0.2) is 120 Å². The van der Waals surface area contributed by atoms with Gasteiger partial charge in [0.05, 0.1) is 43.4 Å². The van der Waals surface area contributed by atoms with Crippen LogP contribution in [0.5, 0.6) is 0 Å². The Labute approximate surface area is 574 Å². The molecule has 1 aromatic heterocycles. The van der Waals surface area contributed by atoms with Gasteiger partial charge < -0.3 is 30.4 Å². The van der Waals surface area contributed by atoms with Crippen molar-refractivity contribution < 1.29 is 89.0 Å². The summed E-state index contributed by atoms with van der Waals surface area (Å²) in [4.78, 5) is 50.5. The van der Waals surface area contributed by atoms with Crippen molar-refractivity contribution in [2.45, 2.75) is 132 Å². The van der Waals surface area contributed by atoms with Gasteiger partial charge >= 0.3 is 0 Å². The maximum absolute atomic E-state index is 15.5. The van der Waals surface area contributed by atoms with Crippen molar-refractivity contribution in [3.8, 4) is 0 Å². The van der Waals surface area contributed by atoms with Crippen LogP contribution in [0.25, 0.3) is 0 Å². The van der Waals surface area contributed by atoms with Crippen molar-refractivity contribution in [1.29, 1.82) is 0 Å². The van der Waals surface area contributed by atoms with E-state index < -0.39 is 178 Å². The number of rotatable bonds is 26. The van der Waals surface area contributed by atoms with E-state index in [0.29, 0.717) is 28.7 Å². The second-order valence-electron chi connectivity index (χ2n) is 27.2. The van der Waals surface area contributed by atoms with Gasteiger partial charge in [-0.05, 0) is 81.5 Å². The summed E-state index contributed by atoms with van der Waals surface area (Å²) < 4.78 is 238. The number of hydrogen-bond donors (Lipinski definition) is 3. The molecule has 1 heterocycles. The molecule has 0 spiro atoms. The van der Waals surface area contributed by atoms with Crippen LogP contribution in [0.3, 0.4) is 0 Å². The lowest BCUT2D eigenvalue weighted by atomic mass is 9.84. The molecule has 7 aromatic rings. The molecule has 31 heteroatoms. The van der Waals surface area contributed by atoms with Crippen molar-refractivity contribution in [3.05, 3.63) is 223 Å². The Morgan fingerprint density at radius 1 is 0.574 bits per heavy atom. The zero-order valence-electron chi connectivity index (χ0n) is 55.6. The van der Waals surface area contributed by atoms with Gasteiger partial charge in [-0.15, -0.1) is 0 Å². The van der Waals surface area contributed by atoms with Crippen LogP contribution in [0.4, 0.5) is 64.3 Å². The first kappa shape index (κ1) is 74.8. The van der Waals surface area contributed by atoms with E-state index in [9.17, 15) is 57.9 Å².